The summed E-state index contributed by atoms with van der Waals surface area (Å²) in [6, 6.07) is 0. The topological polar surface area (TPSA) is 8.81 Å². The van der Waals surface area contributed by atoms with E-state index in [9.17, 15) is 0 Å². The van der Waals surface area contributed by atoms with Crippen molar-refractivity contribution in [2.75, 3.05) is 0 Å². The van der Waals surface area contributed by atoms with Gasteiger partial charge in [0.05, 0.1) is 13.6 Å². The summed E-state index contributed by atoms with van der Waals surface area (Å²) >= 11 is 0. The average molecular weight is 139 g/mol. The first kappa shape index (κ1) is 8.95. The van der Waals surface area contributed by atoms with Crippen molar-refractivity contribution in [1.82, 2.24) is 4.57 Å². The molecule has 0 saturated carbocycles. The number of rotatable bonds is 1. The first-order chi connectivity index (χ1) is 4.83. The Morgan fingerprint density at radius 3 is 2.30 bits per heavy atom. The van der Waals surface area contributed by atoms with E-state index in [-0.39, 0.29) is 0 Å². The van der Waals surface area contributed by atoms with Crippen molar-refractivity contribution in [3.63, 3.8) is 0 Å². The smallest absolute Gasteiger partial charge is 0.240 e. The molecule has 1 aromatic rings. The van der Waals surface area contributed by atoms with Crippen LogP contribution in [0.1, 0.15) is 6.92 Å². The quantitative estimate of drug-likeness (QED) is 0.407. The number of hydrogen-bond acceptors (Lipinski definition) is 0. The monoisotopic (exact) mass is 139 g/mol. The largest absolute Gasteiger partial charge is 0.243 e. The molecule has 0 saturated heterocycles. The molecule has 10 heavy (non-hydrogen) atoms. The van der Waals surface area contributed by atoms with Gasteiger partial charge in [0.15, 0.2) is 0 Å². The second-order valence-corrected chi connectivity index (χ2v) is 1.91. The maximum atomic E-state index is 3.00. The lowest BCUT2D eigenvalue weighted by atomic mass is 10.7. The van der Waals surface area contributed by atoms with Crippen LogP contribution in [0.3, 0.4) is 0 Å². The highest BCUT2D eigenvalue weighted by Crippen LogP contribution is 1.79. The Morgan fingerprint density at radius 2 is 2.10 bits per heavy atom. The normalized spacial score (nSPS) is 8.20. The van der Waals surface area contributed by atoms with Crippen LogP contribution in [-0.4, -0.2) is 4.57 Å². The van der Waals surface area contributed by atoms with E-state index >= 15 is 0 Å². The number of hydrogen-bond donors (Lipinski definition) is 0. The fourth-order valence-electron chi connectivity index (χ4n) is 0.689. The Labute approximate surface area is 62.4 Å². The van der Waals surface area contributed by atoms with Crippen LogP contribution in [0.2, 0.25) is 0 Å². The van der Waals surface area contributed by atoms with Crippen LogP contribution in [0.5, 0.6) is 0 Å². The Kier molecular flexibility index (Phi) is 4.29. The summed E-state index contributed by atoms with van der Waals surface area (Å²) in [5, 5.41) is 0. The van der Waals surface area contributed by atoms with Gasteiger partial charge in [0.25, 0.3) is 0 Å². The van der Waals surface area contributed by atoms with Crippen molar-refractivity contribution in [3.8, 4) is 0 Å². The predicted octanol–water partition coefficient (Wildman–Crippen LogP) is 1.13. The van der Waals surface area contributed by atoms with Crippen LogP contribution in [0, 0.1) is 0 Å². The van der Waals surface area contributed by atoms with Crippen LogP contribution in [0.25, 0.3) is 0 Å². The van der Waals surface area contributed by atoms with E-state index in [0.717, 1.165) is 6.54 Å². The second-order valence-electron chi connectivity index (χ2n) is 1.91. The number of aromatic nitrogens is 2. The zero-order valence-corrected chi connectivity index (χ0v) is 6.75. The molecule has 0 bridgehead atoms. The SMILES string of the molecule is C=C.CCn1cc[n+](C)c1. The van der Waals surface area contributed by atoms with Gasteiger partial charge in [-0.1, -0.05) is 0 Å². The Hall–Kier alpha value is -1.05. The van der Waals surface area contributed by atoms with Gasteiger partial charge < -0.3 is 0 Å². The minimum atomic E-state index is 1.06. The van der Waals surface area contributed by atoms with Crippen molar-refractivity contribution in [2.24, 2.45) is 7.05 Å². The zero-order valence-electron chi connectivity index (χ0n) is 6.75. The number of imidazole rings is 1. The molecule has 0 unspecified atom stereocenters. The van der Waals surface area contributed by atoms with Gasteiger partial charge in [-0.25, -0.2) is 9.13 Å². The minimum Gasteiger partial charge on any atom is -0.240 e. The van der Waals surface area contributed by atoms with Gasteiger partial charge in [0.1, 0.15) is 12.4 Å². The molecule has 0 spiro atoms. The molecule has 0 aromatic carbocycles. The molecular weight excluding hydrogens is 124 g/mol. The highest BCUT2D eigenvalue weighted by molar-refractivity contribution is 4.63. The van der Waals surface area contributed by atoms with Gasteiger partial charge in [-0.2, -0.15) is 0 Å². The third kappa shape index (κ3) is 2.49. The van der Waals surface area contributed by atoms with Crippen molar-refractivity contribution in [1.29, 1.82) is 0 Å². The Bertz CT molecular complexity index is 179. The van der Waals surface area contributed by atoms with Gasteiger partial charge in [-0.3, -0.25) is 0 Å². The Balaban J connectivity index is 0.000000371. The fourth-order valence-corrected chi connectivity index (χ4v) is 0.689. The molecule has 1 heterocycles. The standard InChI is InChI=1S/C6H11N2.C2H4/c1-3-8-5-4-7(2)6-8;1-2/h4-6H,3H2,1-2H3;1-2H2/q+1;. The molecule has 0 aliphatic heterocycles. The lowest BCUT2D eigenvalue weighted by Gasteiger charge is -1.81. The highest BCUT2D eigenvalue weighted by atomic mass is 15.1. The highest BCUT2D eigenvalue weighted by Gasteiger charge is 1.92. The lowest BCUT2D eigenvalue weighted by Crippen LogP contribution is -2.23. The van der Waals surface area contributed by atoms with Crippen LogP contribution in [-0.2, 0) is 13.6 Å². The van der Waals surface area contributed by atoms with Crippen molar-refractivity contribution in [3.05, 3.63) is 31.9 Å². The van der Waals surface area contributed by atoms with Crippen molar-refractivity contribution >= 4 is 0 Å². The van der Waals surface area contributed by atoms with Gasteiger partial charge in [-0.05, 0) is 6.92 Å². The molecule has 0 aliphatic rings. The summed E-state index contributed by atoms with van der Waals surface area (Å²) in [7, 11) is 2.02. The first-order valence-electron chi connectivity index (χ1n) is 3.34. The van der Waals surface area contributed by atoms with E-state index in [0.29, 0.717) is 0 Å². The summed E-state index contributed by atoms with van der Waals surface area (Å²) in [6.07, 6.45) is 6.14. The maximum absolute atomic E-state index is 3.00. The molecule has 1 rings (SSSR count). The lowest BCUT2D eigenvalue weighted by molar-refractivity contribution is -0.671. The summed E-state index contributed by atoms with van der Waals surface area (Å²) in [5.41, 5.74) is 0. The van der Waals surface area contributed by atoms with Gasteiger partial charge in [0.2, 0.25) is 6.33 Å². The minimum absolute atomic E-state index is 1.06. The van der Waals surface area contributed by atoms with Crippen molar-refractivity contribution in [2.45, 2.75) is 13.5 Å². The zero-order chi connectivity index (χ0) is 7.98. The maximum Gasteiger partial charge on any atom is 0.243 e. The average Bonchev–Trinajstić information content (AvgIpc) is 2.40. The molecule has 0 radical (unpaired) electrons. The predicted molar refractivity (Wildman–Crippen MR) is 42.5 cm³/mol. The van der Waals surface area contributed by atoms with E-state index < -0.39 is 0 Å². The number of nitrogens with zero attached hydrogens (tertiary/aromatic N) is 2. The summed E-state index contributed by atoms with van der Waals surface area (Å²) in [4.78, 5) is 0. The van der Waals surface area contributed by atoms with E-state index in [2.05, 4.69) is 37.2 Å². The fraction of sp³-hybridized carbons (Fsp3) is 0.375. The molecule has 0 N–H and O–H groups in total. The Morgan fingerprint density at radius 1 is 1.50 bits per heavy atom. The molecule has 56 valence electrons. The molecule has 2 heteroatoms. The first-order valence-corrected chi connectivity index (χ1v) is 3.34. The van der Waals surface area contributed by atoms with E-state index in [4.69, 9.17) is 0 Å². The van der Waals surface area contributed by atoms with Gasteiger partial charge in [0, 0.05) is 0 Å². The second kappa shape index (κ2) is 4.79. The molecular formula is C8H15N2+. The van der Waals surface area contributed by atoms with Crippen molar-refractivity contribution < 1.29 is 4.57 Å². The number of aryl methyl sites for hydroxylation is 2. The summed E-state index contributed by atoms with van der Waals surface area (Å²) in [5.74, 6) is 0. The van der Waals surface area contributed by atoms with E-state index in [1.54, 1.807) is 0 Å². The molecule has 2 nitrogen and oxygen atoms in total. The van der Waals surface area contributed by atoms with Gasteiger partial charge >= 0.3 is 0 Å². The van der Waals surface area contributed by atoms with E-state index in [1.165, 1.54) is 0 Å². The van der Waals surface area contributed by atoms with Crippen LogP contribution < -0.4 is 4.57 Å². The molecule has 0 fully saturated rings. The van der Waals surface area contributed by atoms with Gasteiger partial charge in [-0.15, -0.1) is 13.2 Å². The molecule has 0 aliphatic carbocycles. The van der Waals surface area contributed by atoms with Crippen LogP contribution in [0.15, 0.2) is 31.9 Å². The summed E-state index contributed by atoms with van der Waals surface area (Å²) < 4.78 is 4.16. The third-order valence-electron chi connectivity index (χ3n) is 1.19. The molecule has 0 amide bonds. The van der Waals surface area contributed by atoms with E-state index in [1.807, 2.05) is 17.8 Å². The van der Waals surface area contributed by atoms with Crippen LogP contribution >= 0.6 is 0 Å². The van der Waals surface area contributed by atoms with Crippen LogP contribution in [0.4, 0.5) is 0 Å². The molecule has 0 atom stereocenters. The summed E-state index contributed by atoms with van der Waals surface area (Å²) in [6.45, 7) is 9.18. The third-order valence-corrected chi connectivity index (χ3v) is 1.19. The molecule has 1 aromatic heterocycles.